The molecule has 3 aromatic carbocycles. The zero-order valence-electron chi connectivity index (χ0n) is 19.0. The summed E-state index contributed by atoms with van der Waals surface area (Å²) in [5.41, 5.74) is 3.81. The second-order valence-electron chi connectivity index (χ2n) is 8.85. The van der Waals surface area contributed by atoms with Gasteiger partial charge in [0.15, 0.2) is 0 Å². The Kier molecular flexibility index (Phi) is 6.15. The van der Waals surface area contributed by atoms with Gasteiger partial charge < -0.3 is 4.74 Å². The molecule has 6 nitrogen and oxygen atoms in total. The lowest BCUT2D eigenvalue weighted by Gasteiger charge is -2.39. The number of amides is 1. The van der Waals surface area contributed by atoms with Crippen LogP contribution in [0.15, 0.2) is 67.2 Å². The number of fused-ring (bicyclic) bond motifs is 2. The van der Waals surface area contributed by atoms with Crippen molar-refractivity contribution in [2.45, 2.75) is 31.9 Å². The normalized spacial score (nSPS) is 17.4. The zero-order valence-corrected chi connectivity index (χ0v) is 19.8. The van der Waals surface area contributed by atoms with E-state index in [0.717, 1.165) is 33.2 Å². The highest BCUT2D eigenvalue weighted by atomic mass is 32.2. The SMILES string of the molecule is C=Cc1ccc2c(c1)COC(=O)N2C1CCN(S(=O)(=O)CCc2cccc3ccccc23)CC1. The monoisotopic (exact) mass is 476 g/mol. The van der Waals surface area contributed by atoms with Crippen LogP contribution in [0, 0.1) is 0 Å². The van der Waals surface area contributed by atoms with E-state index in [-0.39, 0.29) is 24.5 Å². The Morgan fingerprint density at radius 1 is 1.03 bits per heavy atom. The van der Waals surface area contributed by atoms with Crippen molar-refractivity contribution >= 4 is 38.7 Å². The number of anilines is 1. The fourth-order valence-corrected chi connectivity index (χ4v) is 6.50. The summed E-state index contributed by atoms with van der Waals surface area (Å²) in [7, 11) is -3.40. The Morgan fingerprint density at radius 2 is 1.79 bits per heavy atom. The number of hydrogen-bond donors (Lipinski definition) is 0. The number of cyclic esters (lactones) is 1. The van der Waals surface area contributed by atoms with Crippen LogP contribution in [0.5, 0.6) is 0 Å². The number of hydrogen-bond acceptors (Lipinski definition) is 4. The molecule has 2 aliphatic rings. The molecule has 0 unspecified atom stereocenters. The first-order chi connectivity index (χ1) is 16.5. The minimum atomic E-state index is -3.40. The smallest absolute Gasteiger partial charge is 0.414 e. The molecule has 0 bridgehead atoms. The molecule has 7 heteroatoms. The number of carbonyl (C=O) groups excluding carboxylic acids is 1. The highest BCUT2D eigenvalue weighted by Crippen LogP contribution is 2.33. The molecule has 0 aromatic heterocycles. The first-order valence-electron chi connectivity index (χ1n) is 11.6. The molecule has 0 atom stereocenters. The van der Waals surface area contributed by atoms with Crippen molar-refractivity contribution in [3.8, 4) is 0 Å². The van der Waals surface area contributed by atoms with E-state index in [1.165, 1.54) is 0 Å². The van der Waals surface area contributed by atoms with Crippen LogP contribution in [0.2, 0.25) is 0 Å². The Balaban J connectivity index is 1.26. The molecule has 3 aromatic rings. The number of aryl methyl sites for hydroxylation is 1. The molecule has 0 radical (unpaired) electrons. The molecule has 0 aliphatic carbocycles. The van der Waals surface area contributed by atoms with Crippen LogP contribution >= 0.6 is 0 Å². The number of carbonyl (C=O) groups is 1. The van der Waals surface area contributed by atoms with Gasteiger partial charge >= 0.3 is 6.09 Å². The fraction of sp³-hybridized carbons (Fsp3) is 0.296. The lowest BCUT2D eigenvalue weighted by Crippen LogP contribution is -2.50. The maximum absolute atomic E-state index is 13.1. The molecule has 34 heavy (non-hydrogen) atoms. The van der Waals surface area contributed by atoms with Gasteiger partial charge in [-0.2, -0.15) is 0 Å². The summed E-state index contributed by atoms with van der Waals surface area (Å²) in [4.78, 5) is 14.3. The van der Waals surface area contributed by atoms with Crippen LogP contribution in [-0.2, 0) is 27.8 Å². The zero-order chi connectivity index (χ0) is 23.7. The molecule has 5 rings (SSSR count). The van der Waals surface area contributed by atoms with Gasteiger partial charge in [0.1, 0.15) is 6.61 Å². The van der Waals surface area contributed by atoms with Crippen molar-refractivity contribution < 1.29 is 17.9 Å². The van der Waals surface area contributed by atoms with Gasteiger partial charge in [0, 0.05) is 24.7 Å². The minimum absolute atomic E-state index is 0.0740. The molecular formula is C27H28N2O4S. The van der Waals surface area contributed by atoms with E-state index < -0.39 is 10.0 Å². The molecule has 1 fully saturated rings. The second-order valence-corrected chi connectivity index (χ2v) is 10.9. The van der Waals surface area contributed by atoms with Crippen molar-refractivity contribution in [1.82, 2.24) is 4.31 Å². The third kappa shape index (κ3) is 4.33. The molecule has 2 aliphatic heterocycles. The van der Waals surface area contributed by atoms with E-state index in [0.29, 0.717) is 32.4 Å². The maximum Gasteiger partial charge on any atom is 0.414 e. The van der Waals surface area contributed by atoms with Crippen LogP contribution in [-0.4, -0.2) is 43.7 Å². The summed E-state index contributed by atoms with van der Waals surface area (Å²) in [6.45, 7) is 4.83. The highest BCUT2D eigenvalue weighted by Gasteiger charge is 2.36. The fourth-order valence-electron chi connectivity index (χ4n) is 4.99. The standard InChI is InChI=1S/C27H28N2O4S/c1-2-20-10-11-26-23(18-20)19-33-27(30)29(26)24-12-15-28(16-13-24)34(31,32)17-14-22-8-5-7-21-6-3-4-9-25(21)22/h2-11,18,24H,1,12-17,19H2. The molecular weight excluding hydrogens is 448 g/mol. The number of ether oxygens (including phenoxy) is 1. The maximum atomic E-state index is 13.1. The third-order valence-corrected chi connectivity index (χ3v) is 8.71. The van der Waals surface area contributed by atoms with Crippen LogP contribution in [0.25, 0.3) is 16.8 Å². The molecule has 2 heterocycles. The number of nitrogens with zero attached hydrogens (tertiary/aromatic N) is 2. The summed E-state index contributed by atoms with van der Waals surface area (Å²) in [5.74, 6) is 0.0740. The molecule has 176 valence electrons. The van der Waals surface area contributed by atoms with Crippen LogP contribution < -0.4 is 4.90 Å². The van der Waals surface area contributed by atoms with Gasteiger partial charge in [-0.15, -0.1) is 0 Å². The van der Waals surface area contributed by atoms with Gasteiger partial charge in [0.2, 0.25) is 10.0 Å². The van der Waals surface area contributed by atoms with Crippen molar-refractivity contribution in [2.75, 3.05) is 23.7 Å². The van der Waals surface area contributed by atoms with Crippen LogP contribution in [0.4, 0.5) is 10.5 Å². The van der Waals surface area contributed by atoms with Gasteiger partial charge in [-0.1, -0.05) is 61.2 Å². The number of benzene rings is 3. The van der Waals surface area contributed by atoms with Crippen molar-refractivity contribution in [3.63, 3.8) is 0 Å². The van der Waals surface area contributed by atoms with Crippen molar-refractivity contribution in [2.24, 2.45) is 0 Å². The molecule has 1 amide bonds. The van der Waals surface area contributed by atoms with Gasteiger partial charge in [-0.05, 0) is 53.3 Å². The molecule has 0 spiro atoms. The Hall–Kier alpha value is -3.16. The number of sulfonamides is 1. The predicted octanol–water partition coefficient (Wildman–Crippen LogP) is 4.98. The summed E-state index contributed by atoms with van der Waals surface area (Å²) < 4.78 is 33.2. The van der Waals surface area contributed by atoms with E-state index in [1.54, 1.807) is 15.3 Å². The number of piperidine rings is 1. The van der Waals surface area contributed by atoms with Crippen LogP contribution in [0.3, 0.4) is 0 Å². The lowest BCUT2D eigenvalue weighted by molar-refractivity contribution is 0.136. The Bertz CT molecular complexity index is 1340. The van der Waals surface area contributed by atoms with E-state index in [9.17, 15) is 13.2 Å². The summed E-state index contributed by atoms with van der Waals surface area (Å²) >= 11 is 0. The summed E-state index contributed by atoms with van der Waals surface area (Å²) in [6.07, 6.45) is 3.02. The van der Waals surface area contributed by atoms with Gasteiger partial charge in [0.25, 0.3) is 0 Å². The average Bonchev–Trinajstić information content (AvgIpc) is 2.87. The molecule has 0 N–H and O–H groups in total. The molecule has 0 saturated carbocycles. The minimum Gasteiger partial charge on any atom is -0.444 e. The Labute approximate surface area is 200 Å². The number of rotatable bonds is 6. The highest BCUT2D eigenvalue weighted by molar-refractivity contribution is 7.89. The second kappa shape index (κ2) is 9.24. The first-order valence-corrected chi connectivity index (χ1v) is 13.2. The van der Waals surface area contributed by atoms with E-state index in [2.05, 4.69) is 6.58 Å². The summed E-state index contributed by atoms with van der Waals surface area (Å²) in [6, 6.07) is 19.8. The van der Waals surface area contributed by atoms with E-state index in [1.807, 2.05) is 60.7 Å². The quantitative estimate of drug-likeness (QED) is 0.503. The van der Waals surface area contributed by atoms with Gasteiger partial charge in [-0.3, -0.25) is 4.90 Å². The first kappa shape index (κ1) is 22.6. The van der Waals surface area contributed by atoms with Gasteiger partial charge in [0.05, 0.1) is 11.4 Å². The third-order valence-electron chi connectivity index (χ3n) is 6.84. The topological polar surface area (TPSA) is 66.9 Å². The summed E-state index contributed by atoms with van der Waals surface area (Å²) in [5, 5.41) is 2.22. The molecule has 1 saturated heterocycles. The average molecular weight is 477 g/mol. The van der Waals surface area contributed by atoms with E-state index >= 15 is 0 Å². The van der Waals surface area contributed by atoms with E-state index in [4.69, 9.17) is 4.74 Å². The lowest BCUT2D eigenvalue weighted by atomic mass is 10.0. The van der Waals surface area contributed by atoms with Crippen molar-refractivity contribution in [1.29, 1.82) is 0 Å². The van der Waals surface area contributed by atoms with Crippen molar-refractivity contribution in [3.05, 3.63) is 83.9 Å². The van der Waals surface area contributed by atoms with Gasteiger partial charge in [-0.25, -0.2) is 17.5 Å². The predicted molar refractivity (Wildman–Crippen MR) is 135 cm³/mol. The van der Waals surface area contributed by atoms with Crippen LogP contribution in [0.1, 0.15) is 29.5 Å². The largest absolute Gasteiger partial charge is 0.444 e. The Morgan fingerprint density at radius 3 is 2.59 bits per heavy atom.